The summed E-state index contributed by atoms with van der Waals surface area (Å²) in [4.78, 5) is 12.1. The Morgan fingerprint density at radius 1 is 0.960 bits per heavy atom. The lowest BCUT2D eigenvalue weighted by molar-refractivity contribution is 0.102. The van der Waals surface area contributed by atoms with Gasteiger partial charge in [0.15, 0.2) is 0 Å². The van der Waals surface area contributed by atoms with Gasteiger partial charge in [0, 0.05) is 10.7 Å². The van der Waals surface area contributed by atoms with Crippen LogP contribution in [0.1, 0.15) is 10.4 Å². The summed E-state index contributed by atoms with van der Waals surface area (Å²) in [5, 5.41) is 3.51. The van der Waals surface area contributed by atoms with Crippen molar-refractivity contribution in [3.05, 3.63) is 88.2 Å². The van der Waals surface area contributed by atoms with Crippen molar-refractivity contribution in [3.8, 4) is 11.5 Å². The fourth-order valence-electron chi connectivity index (χ4n) is 2.13. The highest BCUT2D eigenvalue weighted by molar-refractivity contribution is 6.32. The van der Waals surface area contributed by atoms with E-state index < -0.39 is 11.7 Å². The van der Waals surface area contributed by atoms with Gasteiger partial charge in [-0.2, -0.15) is 0 Å². The minimum atomic E-state index is -0.589. The number of halogens is 3. The van der Waals surface area contributed by atoms with Gasteiger partial charge >= 0.3 is 0 Å². The Balaban J connectivity index is 1.74. The number of nitrogens with one attached hydrogen (secondary N) is 1. The molecule has 3 aromatic carbocycles. The Kier molecular flexibility index (Phi) is 5.22. The van der Waals surface area contributed by atoms with Crippen molar-refractivity contribution >= 4 is 34.8 Å². The molecule has 0 aliphatic carbocycles. The number of benzene rings is 3. The molecule has 0 bridgehead atoms. The first-order valence-corrected chi connectivity index (χ1v) is 8.07. The first kappa shape index (κ1) is 17.3. The Bertz CT molecular complexity index is 914. The molecule has 0 aromatic heterocycles. The van der Waals surface area contributed by atoms with E-state index in [1.807, 2.05) is 0 Å². The monoisotopic (exact) mass is 375 g/mol. The quantitative estimate of drug-likeness (QED) is 0.591. The van der Waals surface area contributed by atoms with Gasteiger partial charge in [-0.3, -0.25) is 4.79 Å². The van der Waals surface area contributed by atoms with Crippen LogP contribution in [0.5, 0.6) is 11.5 Å². The number of anilines is 1. The van der Waals surface area contributed by atoms with Crippen LogP contribution in [-0.2, 0) is 0 Å². The molecule has 0 fully saturated rings. The Hall–Kier alpha value is -2.56. The van der Waals surface area contributed by atoms with Crippen molar-refractivity contribution in [3.63, 3.8) is 0 Å². The van der Waals surface area contributed by atoms with E-state index in [2.05, 4.69) is 5.32 Å². The highest BCUT2D eigenvalue weighted by Crippen LogP contribution is 2.32. The van der Waals surface area contributed by atoms with Crippen molar-refractivity contribution in [2.45, 2.75) is 0 Å². The van der Waals surface area contributed by atoms with Crippen LogP contribution in [0.4, 0.5) is 10.1 Å². The van der Waals surface area contributed by atoms with E-state index in [0.29, 0.717) is 27.2 Å². The molecule has 0 atom stereocenters. The van der Waals surface area contributed by atoms with Gasteiger partial charge < -0.3 is 10.1 Å². The molecule has 3 aromatic rings. The van der Waals surface area contributed by atoms with Crippen molar-refractivity contribution in [2.75, 3.05) is 5.32 Å². The summed E-state index contributed by atoms with van der Waals surface area (Å²) < 4.78 is 19.3. The minimum Gasteiger partial charge on any atom is -0.456 e. The average molecular weight is 376 g/mol. The number of rotatable bonds is 4. The lowest BCUT2D eigenvalue weighted by Gasteiger charge is -2.10. The van der Waals surface area contributed by atoms with Gasteiger partial charge in [0.2, 0.25) is 0 Å². The molecule has 0 spiro atoms. The highest BCUT2D eigenvalue weighted by Gasteiger charge is 2.12. The summed E-state index contributed by atoms with van der Waals surface area (Å²) in [6, 6.07) is 17.4. The molecule has 3 rings (SSSR count). The smallest absolute Gasteiger partial charge is 0.258 e. The standard InChI is InChI=1S/C19H12Cl2FNO2/c20-12-5-8-14(9-6-12)25-18-10-7-13(11-16(18)21)23-19(24)15-3-1-2-4-17(15)22/h1-11H,(H,23,24). The number of carbonyl (C=O) groups excluding carboxylic acids is 1. The van der Waals surface area contributed by atoms with E-state index in [0.717, 1.165) is 0 Å². The van der Waals surface area contributed by atoms with Crippen molar-refractivity contribution < 1.29 is 13.9 Å². The third-order valence-corrected chi connectivity index (χ3v) is 3.90. The van der Waals surface area contributed by atoms with Gasteiger partial charge in [0.25, 0.3) is 5.91 Å². The summed E-state index contributed by atoms with van der Waals surface area (Å²) in [5.41, 5.74) is 0.391. The normalized spacial score (nSPS) is 10.4. The van der Waals surface area contributed by atoms with E-state index in [4.69, 9.17) is 27.9 Å². The van der Waals surface area contributed by atoms with Crippen molar-refractivity contribution in [1.29, 1.82) is 0 Å². The average Bonchev–Trinajstić information content (AvgIpc) is 2.59. The van der Waals surface area contributed by atoms with Crippen LogP contribution < -0.4 is 10.1 Å². The second-order valence-corrected chi connectivity index (χ2v) is 5.98. The molecule has 0 heterocycles. The molecule has 6 heteroatoms. The van der Waals surface area contributed by atoms with E-state index in [1.165, 1.54) is 24.3 Å². The van der Waals surface area contributed by atoms with Gasteiger partial charge in [0.05, 0.1) is 10.6 Å². The summed E-state index contributed by atoms with van der Waals surface area (Å²) in [5.74, 6) is -0.142. The lowest BCUT2D eigenvalue weighted by atomic mass is 10.2. The molecule has 1 amide bonds. The topological polar surface area (TPSA) is 38.3 Å². The van der Waals surface area contributed by atoms with Gasteiger partial charge in [-0.1, -0.05) is 35.3 Å². The van der Waals surface area contributed by atoms with Gasteiger partial charge in [-0.25, -0.2) is 4.39 Å². The first-order valence-electron chi connectivity index (χ1n) is 7.32. The first-order chi connectivity index (χ1) is 12.0. The molecule has 0 aliphatic heterocycles. The summed E-state index contributed by atoms with van der Waals surface area (Å²) >= 11 is 12.0. The molecule has 0 aliphatic rings. The zero-order valence-corrected chi connectivity index (χ0v) is 14.3. The van der Waals surface area contributed by atoms with Crippen LogP contribution in [0, 0.1) is 5.82 Å². The third-order valence-electron chi connectivity index (χ3n) is 3.35. The van der Waals surface area contributed by atoms with E-state index in [1.54, 1.807) is 42.5 Å². The van der Waals surface area contributed by atoms with E-state index >= 15 is 0 Å². The zero-order chi connectivity index (χ0) is 17.8. The second kappa shape index (κ2) is 7.55. The van der Waals surface area contributed by atoms with Crippen molar-refractivity contribution in [1.82, 2.24) is 0 Å². The molecule has 0 saturated carbocycles. The van der Waals surface area contributed by atoms with Crippen LogP contribution in [0.2, 0.25) is 10.0 Å². The van der Waals surface area contributed by atoms with E-state index in [9.17, 15) is 9.18 Å². The molecule has 0 radical (unpaired) electrons. The van der Waals surface area contributed by atoms with Crippen LogP contribution in [0.15, 0.2) is 66.7 Å². The maximum atomic E-state index is 13.6. The fourth-order valence-corrected chi connectivity index (χ4v) is 2.48. The van der Waals surface area contributed by atoms with Crippen molar-refractivity contribution in [2.24, 2.45) is 0 Å². The number of amides is 1. The predicted molar refractivity (Wildman–Crippen MR) is 97.3 cm³/mol. The minimum absolute atomic E-state index is 0.0416. The third kappa shape index (κ3) is 4.29. The molecule has 3 nitrogen and oxygen atoms in total. The highest BCUT2D eigenvalue weighted by atomic mass is 35.5. The molecular formula is C19H12Cl2FNO2. The molecular weight excluding hydrogens is 364 g/mol. The van der Waals surface area contributed by atoms with Gasteiger partial charge in [0.1, 0.15) is 17.3 Å². The molecule has 1 N–H and O–H groups in total. The maximum Gasteiger partial charge on any atom is 0.258 e. The Labute approximate surface area is 154 Å². The Morgan fingerprint density at radius 3 is 2.36 bits per heavy atom. The SMILES string of the molecule is O=C(Nc1ccc(Oc2ccc(Cl)cc2)c(Cl)c1)c1ccccc1F. The summed E-state index contributed by atoms with van der Waals surface area (Å²) in [6.07, 6.45) is 0. The summed E-state index contributed by atoms with van der Waals surface area (Å²) in [6.45, 7) is 0. The maximum absolute atomic E-state index is 13.6. The summed E-state index contributed by atoms with van der Waals surface area (Å²) in [7, 11) is 0. The van der Waals surface area contributed by atoms with Crippen LogP contribution in [0.25, 0.3) is 0 Å². The second-order valence-electron chi connectivity index (χ2n) is 5.14. The number of carbonyl (C=O) groups is 1. The largest absolute Gasteiger partial charge is 0.456 e. The van der Waals surface area contributed by atoms with E-state index in [-0.39, 0.29) is 5.56 Å². The van der Waals surface area contributed by atoms with Crippen LogP contribution in [0.3, 0.4) is 0 Å². The number of hydrogen-bond donors (Lipinski definition) is 1. The van der Waals surface area contributed by atoms with Crippen LogP contribution >= 0.6 is 23.2 Å². The number of hydrogen-bond acceptors (Lipinski definition) is 2. The van der Waals surface area contributed by atoms with Gasteiger partial charge in [-0.15, -0.1) is 0 Å². The predicted octanol–water partition coefficient (Wildman–Crippen LogP) is 6.18. The molecule has 126 valence electrons. The fraction of sp³-hybridized carbons (Fsp3) is 0. The Morgan fingerprint density at radius 2 is 1.68 bits per heavy atom. The molecule has 25 heavy (non-hydrogen) atoms. The molecule has 0 saturated heterocycles. The molecule has 0 unspecified atom stereocenters. The zero-order valence-electron chi connectivity index (χ0n) is 12.8. The lowest BCUT2D eigenvalue weighted by Crippen LogP contribution is -2.13. The number of ether oxygens (including phenoxy) is 1. The van der Waals surface area contributed by atoms with Gasteiger partial charge in [-0.05, 0) is 54.6 Å². The van der Waals surface area contributed by atoms with Crippen LogP contribution in [-0.4, -0.2) is 5.91 Å².